The van der Waals surface area contributed by atoms with E-state index >= 15 is 0 Å². The van der Waals surface area contributed by atoms with E-state index in [0.29, 0.717) is 9.87 Å². The second kappa shape index (κ2) is 12.2. The molecule has 0 aliphatic carbocycles. The molecule has 196 valence electrons. The van der Waals surface area contributed by atoms with E-state index in [2.05, 4.69) is 5.32 Å². The van der Waals surface area contributed by atoms with Crippen molar-refractivity contribution in [1.82, 2.24) is 10.2 Å². The standard InChI is InChI=1S/C22H26Cl2N4O7S/c1-5-18(22(30)25-2)26(12-15-16(23)7-6-8-17(15)24)21(29)13-27(36(4,33)34)19-11-14(28(31)32)9-10-20(19)35-3/h6-11,18H,5,12-13H2,1-4H3,(H,25,30)/t18-/m1/s1. The highest BCUT2D eigenvalue weighted by Crippen LogP contribution is 2.34. The predicted molar refractivity (Wildman–Crippen MR) is 137 cm³/mol. The molecule has 2 aromatic carbocycles. The third kappa shape index (κ3) is 6.77. The van der Waals surface area contributed by atoms with Crippen molar-refractivity contribution in [3.8, 4) is 5.75 Å². The molecule has 0 fully saturated rings. The summed E-state index contributed by atoms with van der Waals surface area (Å²) in [6.07, 6.45) is 1.05. The highest BCUT2D eigenvalue weighted by Gasteiger charge is 2.33. The number of anilines is 1. The topological polar surface area (TPSA) is 139 Å². The maximum absolute atomic E-state index is 13.6. The molecule has 0 unspecified atom stereocenters. The Morgan fingerprint density at radius 2 is 1.81 bits per heavy atom. The van der Waals surface area contributed by atoms with E-state index in [1.54, 1.807) is 25.1 Å². The smallest absolute Gasteiger partial charge is 0.271 e. The van der Waals surface area contributed by atoms with Crippen molar-refractivity contribution in [1.29, 1.82) is 0 Å². The van der Waals surface area contributed by atoms with Crippen LogP contribution in [0.3, 0.4) is 0 Å². The van der Waals surface area contributed by atoms with Crippen molar-refractivity contribution >= 4 is 56.4 Å². The SMILES string of the molecule is CC[C@H](C(=O)NC)N(Cc1c(Cl)cccc1Cl)C(=O)CN(c1cc([N+](=O)[O-])ccc1OC)S(C)(=O)=O. The average Bonchev–Trinajstić information content (AvgIpc) is 2.82. The van der Waals surface area contributed by atoms with Crippen molar-refractivity contribution in [3.05, 3.63) is 62.1 Å². The van der Waals surface area contributed by atoms with Gasteiger partial charge in [0.05, 0.1) is 18.3 Å². The third-order valence-corrected chi connectivity index (χ3v) is 7.18. The fourth-order valence-corrected chi connectivity index (χ4v) is 4.88. The van der Waals surface area contributed by atoms with Crippen LogP contribution in [0.25, 0.3) is 0 Å². The van der Waals surface area contributed by atoms with E-state index in [0.717, 1.165) is 18.4 Å². The number of amides is 2. The molecule has 0 bridgehead atoms. The number of likely N-dealkylation sites (N-methyl/N-ethyl adjacent to an activating group) is 1. The van der Waals surface area contributed by atoms with Crippen molar-refractivity contribution in [3.63, 3.8) is 0 Å². The Morgan fingerprint density at radius 3 is 2.28 bits per heavy atom. The molecule has 0 saturated heterocycles. The fourth-order valence-electron chi connectivity index (χ4n) is 3.52. The summed E-state index contributed by atoms with van der Waals surface area (Å²) in [6, 6.07) is 7.16. The van der Waals surface area contributed by atoms with Gasteiger partial charge in [-0.2, -0.15) is 0 Å². The molecule has 0 aliphatic heterocycles. The summed E-state index contributed by atoms with van der Waals surface area (Å²) in [4.78, 5) is 38.0. The monoisotopic (exact) mass is 560 g/mol. The maximum atomic E-state index is 13.6. The molecule has 0 aliphatic rings. The minimum Gasteiger partial charge on any atom is -0.495 e. The molecule has 0 heterocycles. The lowest BCUT2D eigenvalue weighted by molar-refractivity contribution is -0.384. The fraction of sp³-hybridized carbons (Fsp3) is 0.364. The molecule has 0 radical (unpaired) electrons. The van der Waals surface area contributed by atoms with Gasteiger partial charge in [-0.05, 0) is 24.6 Å². The van der Waals surface area contributed by atoms with Gasteiger partial charge in [-0.1, -0.05) is 36.2 Å². The number of hydrogen-bond acceptors (Lipinski definition) is 7. The van der Waals surface area contributed by atoms with E-state index in [4.69, 9.17) is 27.9 Å². The van der Waals surface area contributed by atoms with Crippen LogP contribution in [0.5, 0.6) is 5.75 Å². The van der Waals surface area contributed by atoms with Crippen LogP contribution < -0.4 is 14.4 Å². The summed E-state index contributed by atoms with van der Waals surface area (Å²) in [5, 5.41) is 14.3. The van der Waals surface area contributed by atoms with Crippen LogP contribution >= 0.6 is 23.2 Å². The number of nitro benzene ring substituents is 1. The molecule has 14 heteroatoms. The second-order valence-corrected chi connectivity index (χ2v) is 10.4. The number of benzene rings is 2. The molecule has 36 heavy (non-hydrogen) atoms. The van der Waals surface area contributed by atoms with Crippen LogP contribution in [0.1, 0.15) is 18.9 Å². The number of non-ortho nitro benzene ring substituents is 1. The summed E-state index contributed by atoms with van der Waals surface area (Å²) in [5.74, 6) is -1.24. The summed E-state index contributed by atoms with van der Waals surface area (Å²) < 4.78 is 31.4. The van der Waals surface area contributed by atoms with Gasteiger partial charge in [0, 0.05) is 41.3 Å². The van der Waals surface area contributed by atoms with Gasteiger partial charge in [0.2, 0.25) is 21.8 Å². The molecular weight excluding hydrogens is 535 g/mol. The first-order valence-corrected chi connectivity index (χ1v) is 13.2. The van der Waals surface area contributed by atoms with Crippen LogP contribution in [-0.4, -0.2) is 63.1 Å². The zero-order valence-electron chi connectivity index (χ0n) is 20.0. The Hall–Kier alpha value is -3.09. The molecular formula is C22H26Cl2N4O7S. The second-order valence-electron chi connectivity index (χ2n) is 7.64. The third-order valence-electron chi connectivity index (χ3n) is 5.34. The van der Waals surface area contributed by atoms with Crippen molar-refractivity contribution in [2.45, 2.75) is 25.9 Å². The van der Waals surface area contributed by atoms with Crippen LogP contribution in [0.2, 0.25) is 10.0 Å². The molecule has 2 rings (SSSR count). The van der Waals surface area contributed by atoms with Crippen molar-refractivity contribution in [2.75, 3.05) is 31.3 Å². The number of carbonyl (C=O) groups excluding carboxylic acids is 2. The van der Waals surface area contributed by atoms with Gasteiger partial charge in [-0.3, -0.25) is 24.0 Å². The zero-order chi connectivity index (χ0) is 27.2. The molecule has 2 aromatic rings. The predicted octanol–water partition coefficient (Wildman–Crippen LogP) is 3.23. The Balaban J connectivity index is 2.61. The van der Waals surface area contributed by atoms with Crippen molar-refractivity contribution in [2.24, 2.45) is 0 Å². The quantitative estimate of drug-likeness (QED) is 0.328. The number of nitrogens with zero attached hydrogens (tertiary/aromatic N) is 3. The largest absolute Gasteiger partial charge is 0.495 e. The average molecular weight is 561 g/mol. The van der Waals surface area contributed by atoms with E-state index in [9.17, 15) is 28.1 Å². The number of ether oxygens (including phenoxy) is 1. The first-order valence-electron chi connectivity index (χ1n) is 10.6. The normalized spacial score (nSPS) is 11.9. The Bertz CT molecular complexity index is 1240. The Kier molecular flexibility index (Phi) is 9.91. The van der Waals surface area contributed by atoms with Gasteiger partial charge < -0.3 is 15.0 Å². The van der Waals surface area contributed by atoms with Crippen LogP contribution in [-0.2, 0) is 26.2 Å². The van der Waals surface area contributed by atoms with Crippen LogP contribution in [0, 0.1) is 10.1 Å². The van der Waals surface area contributed by atoms with E-state index in [1.807, 2.05) is 0 Å². The first kappa shape index (κ1) is 29.1. The first-order chi connectivity index (χ1) is 16.8. The van der Waals surface area contributed by atoms with Crippen LogP contribution in [0.15, 0.2) is 36.4 Å². The highest BCUT2D eigenvalue weighted by molar-refractivity contribution is 7.92. The molecule has 0 aromatic heterocycles. The molecule has 2 amide bonds. The molecule has 11 nitrogen and oxygen atoms in total. The minimum atomic E-state index is -4.14. The lowest BCUT2D eigenvalue weighted by Gasteiger charge is -2.33. The highest BCUT2D eigenvalue weighted by atomic mass is 35.5. The number of halogens is 2. The lowest BCUT2D eigenvalue weighted by atomic mass is 10.1. The molecule has 1 N–H and O–H groups in total. The molecule has 0 spiro atoms. The minimum absolute atomic E-state index is 0.00198. The number of nitro groups is 1. The number of sulfonamides is 1. The van der Waals surface area contributed by atoms with Gasteiger partial charge >= 0.3 is 0 Å². The summed E-state index contributed by atoms with van der Waals surface area (Å²) in [7, 11) is -1.47. The summed E-state index contributed by atoms with van der Waals surface area (Å²) in [6.45, 7) is 0.727. The number of methoxy groups -OCH3 is 1. The van der Waals surface area contributed by atoms with E-state index < -0.39 is 45.0 Å². The van der Waals surface area contributed by atoms with E-state index in [1.165, 1.54) is 25.1 Å². The lowest BCUT2D eigenvalue weighted by Crippen LogP contribution is -2.51. The number of carbonyl (C=O) groups is 2. The Morgan fingerprint density at radius 1 is 1.19 bits per heavy atom. The molecule has 1 atom stereocenters. The zero-order valence-corrected chi connectivity index (χ0v) is 22.4. The van der Waals surface area contributed by atoms with E-state index in [-0.39, 0.29) is 34.4 Å². The number of hydrogen-bond donors (Lipinski definition) is 1. The van der Waals surface area contributed by atoms with Gasteiger partial charge in [0.15, 0.2) is 0 Å². The molecule has 0 saturated carbocycles. The van der Waals surface area contributed by atoms with Crippen LogP contribution in [0.4, 0.5) is 11.4 Å². The van der Waals surface area contributed by atoms with Gasteiger partial charge in [-0.15, -0.1) is 0 Å². The summed E-state index contributed by atoms with van der Waals surface area (Å²) >= 11 is 12.6. The Labute approximate surface area is 219 Å². The maximum Gasteiger partial charge on any atom is 0.271 e. The van der Waals surface area contributed by atoms with Gasteiger partial charge in [-0.25, -0.2) is 8.42 Å². The van der Waals surface area contributed by atoms with Crippen molar-refractivity contribution < 1.29 is 27.7 Å². The van der Waals surface area contributed by atoms with Gasteiger partial charge in [0.25, 0.3) is 5.69 Å². The number of nitrogens with one attached hydrogen (secondary N) is 1. The summed E-state index contributed by atoms with van der Waals surface area (Å²) in [5.41, 5.74) is -0.231. The number of rotatable bonds is 11. The van der Waals surface area contributed by atoms with Gasteiger partial charge in [0.1, 0.15) is 24.0 Å².